The fourth-order valence-electron chi connectivity index (χ4n) is 1.17. The molecule has 0 aromatic heterocycles. The molecular formula is C8H15NO2. The molecule has 0 spiro atoms. The molecular weight excluding hydrogens is 142 g/mol. The van der Waals surface area contributed by atoms with Gasteiger partial charge in [-0.3, -0.25) is 0 Å². The van der Waals surface area contributed by atoms with Crippen LogP contribution in [0.3, 0.4) is 0 Å². The van der Waals surface area contributed by atoms with Crippen molar-refractivity contribution in [2.75, 3.05) is 13.1 Å². The minimum atomic E-state index is 0.250. The molecule has 3 heteroatoms. The quantitative estimate of drug-likeness (QED) is 0.564. The minimum Gasteiger partial charge on any atom is -0.300 e. The molecule has 0 bridgehead atoms. The molecule has 1 rings (SSSR count). The van der Waals surface area contributed by atoms with Gasteiger partial charge in [0.1, 0.15) is 0 Å². The van der Waals surface area contributed by atoms with E-state index in [1.807, 2.05) is 0 Å². The first-order valence-electron chi connectivity index (χ1n) is 3.85. The van der Waals surface area contributed by atoms with E-state index in [0.29, 0.717) is 0 Å². The average molecular weight is 157 g/mol. The lowest BCUT2D eigenvalue weighted by molar-refractivity contribution is -0.191. The summed E-state index contributed by atoms with van der Waals surface area (Å²) in [6, 6.07) is 0.770. The predicted molar refractivity (Wildman–Crippen MR) is 40.9 cm³/mol. The van der Waals surface area contributed by atoms with Crippen molar-refractivity contribution < 1.29 is 9.59 Å². The van der Waals surface area contributed by atoms with Gasteiger partial charge in [0.15, 0.2) is 0 Å². The number of likely N-dealkylation sites (tertiary alicyclic amines) is 1. The first-order valence-corrected chi connectivity index (χ1v) is 3.85. The normalized spacial score (nSPS) is 18.2. The van der Waals surface area contributed by atoms with Crippen LogP contribution in [0.1, 0.15) is 20.8 Å². The van der Waals surface area contributed by atoms with Crippen molar-refractivity contribution in [3.05, 3.63) is 0 Å². The Hall–Kier alpha value is -0.660. The molecule has 0 atom stereocenters. The molecule has 1 aliphatic rings. The summed E-state index contributed by atoms with van der Waals surface area (Å²) >= 11 is 0. The molecule has 0 aromatic rings. The Kier molecular flexibility index (Phi) is 4.75. The second kappa shape index (κ2) is 5.05. The Balaban J connectivity index is 0.000000292. The maximum Gasteiger partial charge on any atom is 0.373 e. The maximum atomic E-state index is 8.12. The van der Waals surface area contributed by atoms with E-state index in [9.17, 15) is 0 Å². The van der Waals surface area contributed by atoms with Crippen LogP contribution in [0.25, 0.3) is 0 Å². The van der Waals surface area contributed by atoms with E-state index in [-0.39, 0.29) is 6.15 Å². The van der Waals surface area contributed by atoms with Crippen molar-refractivity contribution in [1.82, 2.24) is 4.90 Å². The van der Waals surface area contributed by atoms with Crippen LogP contribution in [0.15, 0.2) is 0 Å². The Labute approximate surface area is 67.4 Å². The molecule has 1 aliphatic heterocycles. The molecule has 0 amide bonds. The van der Waals surface area contributed by atoms with Gasteiger partial charge in [-0.1, -0.05) is 6.92 Å². The zero-order valence-electron chi connectivity index (χ0n) is 7.33. The van der Waals surface area contributed by atoms with Gasteiger partial charge in [-0.15, -0.1) is 0 Å². The number of nitrogens with zero attached hydrogens (tertiary/aromatic N) is 1. The highest BCUT2D eigenvalue weighted by Crippen LogP contribution is 2.16. The fraction of sp³-hybridized carbons (Fsp3) is 0.875. The number of hydrogen-bond acceptors (Lipinski definition) is 3. The van der Waals surface area contributed by atoms with Crippen molar-refractivity contribution in [3.63, 3.8) is 0 Å². The summed E-state index contributed by atoms with van der Waals surface area (Å²) < 4.78 is 0. The first-order chi connectivity index (χ1) is 5.11. The summed E-state index contributed by atoms with van der Waals surface area (Å²) in [5.74, 6) is 0.956. The first kappa shape index (κ1) is 10.3. The molecule has 0 saturated carbocycles. The maximum absolute atomic E-state index is 8.12. The molecule has 3 nitrogen and oxygen atoms in total. The van der Waals surface area contributed by atoms with Crippen molar-refractivity contribution in [1.29, 1.82) is 0 Å². The van der Waals surface area contributed by atoms with Crippen LogP contribution in [0.4, 0.5) is 0 Å². The van der Waals surface area contributed by atoms with Gasteiger partial charge >= 0.3 is 6.15 Å². The van der Waals surface area contributed by atoms with Crippen LogP contribution in [-0.4, -0.2) is 30.2 Å². The molecule has 64 valence electrons. The van der Waals surface area contributed by atoms with Crippen molar-refractivity contribution in [2.24, 2.45) is 5.92 Å². The molecule has 1 saturated heterocycles. The smallest absolute Gasteiger partial charge is 0.300 e. The van der Waals surface area contributed by atoms with E-state index in [4.69, 9.17) is 9.59 Å². The zero-order chi connectivity index (χ0) is 8.85. The van der Waals surface area contributed by atoms with Crippen LogP contribution >= 0.6 is 0 Å². The van der Waals surface area contributed by atoms with E-state index in [2.05, 4.69) is 25.7 Å². The summed E-state index contributed by atoms with van der Waals surface area (Å²) in [4.78, 5) is 18.7. The van der Waals surface area contributed by atoms with Crippen molar-refractivity contribution in [3.8, 4) is 0 Å². The summed E-state index contributed by atoms with van der Waals surface area (Å²) in [7, 11) is 0. The minimum absolute atomic E-state index is 0.250. The largest absolute Gasteiger partial charge is 0.373 e. The molecule has 1 fully saturated rings. The Morgan fingerprint density at radius 1 is 1.36 bits per heavy atom. The molecule has 0 aliphatic carbocycles. The van der Waals surface area contributed by atoms with Gasteiger partial charge in [-0.25, -0.2) is 0 Å². The van der Waals surface area contributed by atoms with E-state index >= 15 is 0 Å². The SMILES string of the molecule is CC1CN(C(C)C)C1.O=C=O. The lowest BCUT2D eigenvalue weighted by Crippen LogP contribution is -2.48. The van der Waals surface area contributed by atoms with E-state index < -0.39 is 0 Å². The fourth-order valence-corrected chi connectivity index (χ4v) is 1.17. The summed E-state index contributed by atoms with van der Waals surface area (Å²) in [6.07, 6.45) is 0.250. The number of carbonyl (C=O) groups excluding carboxylic acids is 2. The second-order valence-corrected chi connectivity index (χ2v) is 3.24. The predicted octanol–water partition coefficient (Wildman–Crippen LogP) is 0.763. The van der Waals surface area contributed by atoms with Crippen LogP contribution in [0.2, 0.25) is 0 Å². The van der Waals surface area contributed by atoms with Crippen LogP contribution < -0.4 is 0 Å². The van der Waals surface area contributed by atoms with Gasteiger partial charge in [0, 0.05) is 19.1 Å². The molecule has 11 heavy (non-hydrogen) atoms. The van der Waals surface area contributed by atoms with Crippen molar-refractivity contribution >= 4 is 6.15 Å². The Bertz CT molecular complexity index is 133. The van der Waals surface area contributed by atoms with E-state index in [1.54, 1.807) is 0 Å². The Morgan fingerprint density at radius 3 is 1.82 bits per heavy atom. The molecule has 0 radical (unpaired) electrons. The highest BCUT2D eigenvalue weighted by atomic mass is 16.2. The van der Waals surface area contributed by atoms with Gasteiger partial charge < -0.3 is 4.90 Å². The van der Waals surface area contributed by atoms with E-state index in [0.717, 1.165) is 12.0 Å². The highest BCUT2D eigenvalue weighted by Gasteiger charge is 2.23. The topological polar surface area (TPSA) is 37.4 Å². The van der Waals surface area contributed by atoms with Gasteiger partial charge in [-0.05, 0) is 19.8 Å². The third kappa shape index (κ3) is 3.91. The molecule has 0 unspecified atom stereocenters. The zero-order valence-corrected chi connectivity index (χ0v) is 7.33. The standard InChI is InChI=1S/C7H15N.CO2/c1-6(2)8-4-7(3)5-8;2-1-3/h6-7H,4-5H2,1-3H3;. The lowest BCUT2D eigenvalue weighted by atomic mass is 10.0. The lowest BCUT2D eigenvalue weighted by Gasteiger charge is -2.40. The second-order valence-electron chi connectivity index (χ2n) is 3.24. The summed E-state index contributed by atoms with van der Waals surface area (Å²) in [5, 5.41) is 0. The number of rotatable bonds is 1. The molecule has 1 heterocycles. The van der Waals surface area contributed by atoms with Crippen molar-refractivity contribution in [2.45, 2.75) is 26.8 Å². The third-order valence-electron chi connectivity index (χ3n) is 1.82. The summed E-state index contributed by atoms with van der Waals surface area (Å²) in [6.45, 7) is 9.45. The summed E-state index contributed by atoms with van der Waals surface area (Å²) in [5.41, 5.74) is 0. The van der Waals surface area contributed by atoms with Gasteiger partial charge in [0.2, 0.25) is 0 Å². The monoisotopic (exact) mass is 157 g/mol. The van der Waals surface area contributed by atoms with Gasteiger partial charge in [-0.2, -0.15) is 9.59 Å². The molecule has 0 aromatic carbocycles. The van der Waals surface area contributed by atoms with Gasteiger partial charge in [0.05, 0.1) is 0 Å². The highest BCUT2D eigenvalue weighted by molar-refractivity contribution is 5.20. The van der Waals surface area contributed by atoms with Gasteiger partial charge in [0.25, 0.3) is 0 Å². The van der Waals surface area contributed by atoms with E-state index in [1.165, 1.54) is 13.1 Å². The molecule has 0 N–H and O–H groups in total. The van der Waals surface area contributed by atoms with Crippen LogP contribution in [0, 0.1) is 5.92 Å². The Morgan fingerprint density at radius 2 is 1.73 bits per heavy atom. The van der Waals surface area contributed by atoms with Crippen LogP contribution in [0.5, 0.6) is 0 Å². The number of hydrogen-bond donors (Lipinski definition) is 0. The third-order valence-corrected chi connectivity index (χ3v) is 1.82. The van der Waals surface area contributed by atoms with Crippen LogP contribution in [-0.2, 0) is 9.59 Å². The average Bonchev–Trinajstić information content (AvgIpc) is 1.82.